The quantitative estimate of drug-likeness (QED) is 0.633. The highest BCUT2D eigenvalue weighted by Crippen LogP contribution is 2.07. The van der Waals surface area contributed by atoms with Crippen LogP contribution in [0.4, 0.5) is 0 Å². The molecule has 48 valence electrons. The van der Waals surface area contributed by atoms with Gasteiger partial charge in [-0.1, -0.05) is 19.9 Å². The first-order chi connectivity index (χ1) is 3.81. The van der Waals surface area contributed by atoms with Gasteiger partial charge in [-0.2, -0.15) is 0 Å². The average molecular weight is 131 g/mol. The minimum atomic E-state index is 0.954. The summed E-state index contributed by atoms with van der Waals surface area (Å²) in [5.41, 5.74) is 5.52. The van der Waals surface area contributed by atoms with Crippen molar-refractivity contribution in [3.05, 3.63) is 11.1 Å². The molecule has 0 atom stereocenters. The van der Waals surface area contributed by atoms with E-state index in [1.807, 2.05) is 6.08 Å². The van der Waals surface area contributed by atoms with E-state index >= 15 is 0 Å². The molecule has 0 bridgehead atoms. The zero-order valence-corrected chi connectivity index (χ0v) is 6.29. The highest BCUT2D eigenvalue weighted by Gasteiger charge is 1.83. The summed E-state index contributed by atoms with van der Waals surface area (Å²) in [4.78, 5) is 0. The Kier molecular flexibility index (Phi) is 4.97. The van der Waals surface area contributed by atoms with Gasteiger partial charge in [0, 0.05) is 0 Å². The lowest BCUT2D eigenvalue weighted by Gasteiger charge is -1.93. The van der Waals surface area contributed by atoms with Gasteiger partial charge in [-0.3, -0.25) is 0 Å². The summed E-state index contributed by atoms with van der Waals surface area (Å²) in [6.07, 6.45) is 3.08. The molecule has 0 aliphatic heterocycles. The lowest BCUT2D eigenvalue weighted by Crippen LogP contribution is -1.90. The van der Waals surface area contributed by atoms with E-state index in [1.54, 1.807) is 11.8 Å². The van der Waals surface area contributed by atoms with E-state index in [-0.39, 0.29) is 0 Å². The van der Waals surface area contributed by atoms with Crippen molar-refractivity contribution in [1.29, 1.82) is 0 Å². The van der Waals surface area contributed by atoms with E-state index < -0.39 is 0 Å². The van der Waals surface area contributed by atoms with Gasteiger partial charge in [-0.15, -0.1) is 11.8 Å². The predicted molar refractivity (Wildman–Crippen MR) is 40.7 cm³/mol. The van der Waals surface area contributed by atoms with Crippen LogP contribution in [-0.4, -0.2) is 5.75 Å². The van der Waals surface area contributed by atoms with Crippen LogP contribution < -0.4 is 5.73 Å². The summed E-state index contributed by atoms with van der Waals surface area (Å²) < 4.78 is 0. The predicted octanol–water partition coefficient (Wildman–Crippen LogP) is 1.95. The van der Waals surface area contributed by atoms with Crippen LogP contribution in [0, 0.1) is 0 Å². The molecular weight excluding hydrogens is 118 g/mol. The normalized spacial score (nSPS) is 12.0. The van der Waals surface area contributed by atoms with Gasteiger partial charge in [-0.05, 0) is 12.2 Å². The molecule has 8 heavy (non-hydrogen) atoms. The molecule has 0 spiro atoms. The second-order valence-electron chi connectivity index (χ2n) is 1.45. The van der Waals surface area contributed by atoms with Gasteiger partial charge in [0.1, 0.15) is 0 Å². The molecule has 0 aliphatic carbocycles. The molecule has 0 aliphatic rings. The fourth-order valence-corrected chi connectivity index (χ4v) is 1.04. The summed E-state index contributed by atoms with van der Waals surface area (Å²) in [5, 5.41) is 0.954. The van der Waals surface area contributed by atoms with Crippen molar-refractivity contribution < 1.29 is 0 Å². The lowest BCUT2D eigenvalue weighted by atomic mass is 10.5. The zero-order chi connectivity index (χ0) is 6.41. The van der Waals surface area contributed by atoms with Crippen molar-refractivity contribution in [3.63, 3.8) is 0 Å². The number of hydrogen-bond donors (Lipinski definition) is 1. The molecule has 0 radical (unpaired) electrons. The third kappa shape index (κ3) is 4.06. The fourth-order valence-electron chi connectivity index (χ4n) is 0.427. The molecule has 0 unspecified atom stereocenters. The Hall–Kier alpha value is -0.110. The Labute approximate surface area is 55.3 Å². The Morgan fingerprint density at radius 1 is 1.62 bits per heavy atom. The minimum Gasteiger partial charge on any atom is -0.394 e. The number of nitrogens with two attached hydrogens (primary N) is 1. The van der Waals surface area contributed by atoms with Crippen molar-refractivity contribution in [1.82, 2.24) is 0 Å². The monoisotopic (exact) mass is 131 g/mol. The van der Waals surface area contributed by atoms with E-state index in [0.29, 0.717) is 0 Å². The largest absolute Gasteiger partial charge is 0.394 e. The SMILES string of the molecule is CC/C=C(\N)SCC. The summed E-state index contributed by atoms with van der Waals surface area (Å²) in [5.74, 6) is 1.07. The first kappa shape index (κ1) is 7.89. The molecular formula is C6H13NS. The first-order valence-electron chi connectivity index (χ1n) is 2.89. The summed E-state index contributed by atoms with van der Waals surface area (Å²) in [6.45, 7) is 4.18. The van der Waals surface area contributed by atoms with Crippen LogP contribution in [0.3, 0.4) is 0 Å². The maximum Gasteiger partial charge on any atom is 0.0614 e. The Morgan fingerprint density at radius 2 is 2.25 bits per heavy atom. The van der Waals surface area contributed by atoms with Crippen molar-refractivity contribution in [2.45, 2.75) is 20.3 Å². The van der Waals surface area contributed by atoms with Gasteiger partial charge >= 0.3 is 0 Å². The van der Waals surface area contributed by atoms with E-state index in [4.69, 9.17) is 5.73 Å². The molecule has 0 amide bonds. The number of allylic oxidation sites excluding steroid dienone is 1. The highest BCUT2D eigenvalue weighted by atomic mass is 32.2. The average Bonchev–Trinajstić information content (AvgIpc) is 1.68. The van der Waals surface area contributed by atoms with Gasteiger partial charge < -0.3 is 5.73 Å². The van der Waals surface area contributed by atoms with E-state index in [0.717, 1.165) is 17.2 Å². The van der Waals surface area contributed by atoms with Crippen LogP contribution in [0.25, 0.3) is 0 Å². The van der Waals surface area contributed by atoms with Crippen LogP contribution in [0.15, 0.2) is 11.1 Å². The molecule has 0 aromatic rings. The zero-order valence-electron chi connectivity index (χ0n) is 5.48. The van der Waals surface area contributed by atoms with Crippen molar-refractivity contribution in [3.8, 4) is 0 Å². The van der Waals surface area contributed by atoms with Gasteiger partial charge in [0.2, 0.25) is 0 Å². The third-order valence-corrected chi connectivity index (χ3v) is 1.50. The number of hydrogen-bond acceptors (Lipinski definition) is 2. The van der Waals surface area contributed by atoms with Gasteiger partial charge in [-0.25, -0.2) is 0 Å². The Morgan fingerprint density at radius 3 is 2.62 bits per heavy atom. The fraction of sp³-hybridized carbons (Fsp3) is 0.667. The Bertz CT molecular complexity index is 78.6. The summed E-state index contributed by atoms with van der Waals surface area (Å²) in [6, 6.07) is 0. The summed E-state index contributed by atoms with van der Waals surface area (Å²) >= 11 is 1.69. The molecule has 0 saturated carbocycles. The van der Waals surface area contributed by atoms with Crippen LogP contribution in [-0.2, 0) is 0 Å². The molecule has 2 heteroatoms. The van der Waals surface area contributed by atoms with E-state index in [1.165, 1.54) is 0 Å². The van der Waals surface area contributed by atoms with Crippen LogP contribution in [0.1, 0.15) is 20.3 Å². The minimum absolute atomic E-state index is 0.954. The second kappa shape index (κ2) is 5.04. The third-order valence-electron chi connectivity index (χ3n) is 0.716. The maximum absolute atomic E-state index is 5.52. The molecule has 0 aromatic heterocycles. The molecule has 0 rings (SSSR count). The van der Waals surface area contributed by atoms with Crippen LogP contribution in [0.5, 0.6) is 0 Å². The highest BCUT2D eigenvalue weighted by molar-refractivity contribution is 8.02. The van der Waals surface area contributed by atoms with Gasteiger partial charge in [0.05, 0.1) is 5.03 Å². The molecule has 0 fully saturated rings. The summed E-state index contributed by atoms with van der Waals surface area (Å²) in [7, 11) is 0. The van der Waals surface area contributed by atoms with E-state index in [2.05, 4.69) is 13.8 Å². The number of rotatable bonds is 3. The van der Waals surface area contributed by atoms with Crippen molar-refractivity contribution in [2.24, 2.45) is 5.73 Å². The molecule has 0 saturated heterocycles. The molecule has 1 nitrogen and oxygen atoms in total. The first-order valence-corrected chi connectivity index (χ1v) is 3.88. The smallest absolute Gasteiger partial charge is 0.0614 e. The molecule has 0 aromatic carbocycles. The van der Waals surface area contributed by atoms with Crippen molar-refractivity contribution >= 4 is 11.8 Å². The van der Waals surface area contributed by atoms with Crippen LogP contribution >= 0.6 is 11.8 Å². The topological polar surface area (TPSA) is 26.0 Å². The van der Waals surface area contributed by atoms with Gasteiger partial charge in [0.25, 0.3) is 0 Å². The standard InChI is InChI=1S/C6H13NS/c1-3-5-6(7)8-4-2/h5H,3-4,7H2,1-2H3/b6-5+. The lowest BCUT2D eigenvalue weighted by molar-refractivity contribution is 1.20. The van der Waals surface area contributed by atoms with Gasteiger partial charge in [0.15, 0.2) is 0 Å². The van der Waals surface area contributed by atoms with Crippen LogP contribution in [0.2, 0.25) is 0 Å². The molecule has 2 N–H and O–H groups in total. The maximum atomic E-state index is 5.52. The Balaban J connectivity index is 3.29. The number of thioether (sulfide) groups is 1. The van der Waals surface area contributed by atoms with E-state index in [9.17, 15) is 0 Å². The van der Waals surface area contributed by atoms with Crippen molar-refractivity contribution in [2.75, 3.05) is 5.75 Å². The second-order valence-corrected chi connectivity index (χ2v) is 2.79. The molecule has 0 heterocycles.